The molecule has 0 aliphatic heterocycles. The van der Waals surface area contributed by atoms with Crippen LogP contribution in [0.15, 0.2) is 42.6 Å². The highest BCUT2D eigenvalue weighted by Crippen LogP contribution is 2.31. The number of hydrogen-bond donors (Lipinski definition) is 1. The molecule has 0 spiro atoms. The molecule has 0 radical (unpaired) electrons. The van der Waals surface area contributed by atoms with Crippen molar-refractivity contribution in [3.63, 3.8) is 0 Å². The Balaban J connectivity index is 2.27. The number of pyridine rings is 1. The maximum Gasteiger partial charge on any atom is 0.219 e. The normalized spacial score (nSPS) is 12.2. The summed E-state index contributed by atoms with van der Waals surface area (Å²) < 4.78 is 5.85. The molecule has 1 aromatic heterocycles. The zero-order valence-electron chi connectivity index (χ0n) is 11.3. The van der Waals surface area contributed by atoms with Crippen molar-refractivity contribution in [3.05, 3.63) is 53.7 Å². The number of hydrogen-bond acceptors (Lipinski definition) is 3. The number of benzene rings is 1. The second-order valence-electron chi connectivity index (χ2n) is 4.61. The third kappa shape index (κ3) is 3.32. The lowest BCUT2D eigenvalue weighted by molar-refractivity contribution is 0.281. The average molecular weight is 257 g/mol. The highest BCUT2D eigenvalue weighted by Gasteiger charge is 2.10. The smallest absolute Gasteiger partial charge is 0.219 e. The van der Waals surface area contributed by atoms with Gasteiger partial charge in [-0.15, -0.1) is 0 Å². The van der Waals surface area contributed by atoms with Gasteiger partial charge in [-0.3, -0.25) is 0 Å². The van der Waals surface area contributed by atoms with Crippen molar-refractivity contribution in [3.8, 4) is 11.6 Å². The summed E-state index contributed by atoms with van der Waals surface area (Å²) in [5, 5.41) is 9.13. The van der Waals surface area contributed by atoms with Crippen molar-refractivity contribution < 1.29 is 9.84 Å². The first kappa shape index (κ1) is 13.6. The Morgan fingerprint density at radius 1 is 1.26 bits per heavy atom. The van der Waals surface area contributed by atoms with Gasteiger partial charge in [0, 0.05) is 12.3 Å². The first-order valence-corrected chi connectivity index (χ1v) is 6.57. The summed E-state index contributed by atoms with van der Waals surface area (Å²) in [6.45, 7) is 4.33. The van der Waals surface area contributed by atoms with Gasteiger partial charge in [-0.05, 0) is 35.6 Å². The predicted molar refractivity (Wildman–Crippen MR) is 75.4 cm³/mol. The van der Waals surface area contributed by atoms with E-state index in [1.165, 1.54) is 5.56 Å². The lowest BCUT2D eigenvalue weighted by Gasteiger charge is -2.15. The Kier molecular flexibility index (Phi) is 4.53. The molecule has 2 aromatic rings. The minimum Gasteiger partial charge on any atom is -0.439 e. The van der Waals surface area contributed by atoms with Crippen LogP contribution in [0.25, 0.3) is 0 Å². The Morgan fingerprint density at radius 2 is 2.05 bits per heavy atom. The van der Waals surface area contributed by atoms with Crippen LogP contribution in [0.1, 0.15) is 37.3 Å². The third-order valence-electron chi connectivity index (χ3n) is 3.26. The molecule has 0 saturated heterocycles. The number of aromatic nitrogens is 1. The molecule has 1 aromatic carbocycles. The summed E-state index contributed by atoms with van der Waals surface area (Å²) in [6.07, 6.45) is 2.71. The van der Waals surface area contributed by atoms with Gasteiger partial charge >= 0.3 is 0 Å². The van der Waals surface area contributed by atoms with Gasteiger partial charge in [0.2, 0.25) is 5.88 Å². The molecular formula is C16H19NO2. The molecule has 0 amide bonds. The van der Waals surface area contributed by atoms with E-state index in [0.29, 0.717) is 11.8 Å². The number of aliphatic hydroxyl groups excluding tert-OH is 1. The molecule has 3 heteroatoms. The van der Waals surface area contributed by atoms with Crippen molar-refractivity contribution >= 4 is 0 Å². The maximum absolute atomic E-state index is 9.13. The van der Waals surface area contributed by atoms with E-state index in [2.05, 4.69) is 24.9 Å². The average Bonchev–Trinajstić information content (AvgIpc) is 2.47. The second kappa shape index (κ2) is 6.34. The fourth-order valence-corrected chi connectivity index (χ4v) is 1.92. The highest BCUT2D eigenvalue weighted by molar-refractivity contribution is 5.38. The highest BCUT2D eigenvalue weighted by atomic mass is 16.5. The monoisotopic (exact) mass is 257 g/mol. The number of ether oxygens (including phenoxy) is 1. The van der Waals surface area contributed by atoms with Crippen molar-refractivity contribution in [2.75, 3.05) is 0 Å². The molecular weight excluding hydrogens is 238 g/mol. The van der Waals surface area contributed by atoms with E-state index in [9.17, 15) is 0 Å². The minimum atomic E-state index is -0.00805. The molecule has 100 valence electrons. The zero-order valence-corrected chi connectivity index (χ0v) is 11.3. The van der Waals surface area contributed by atoms with Crippen LogP contribution in [-0.4, -0.2) is 10.1 Å². The van der Waals surface area contributed by atoms with Gasteiger partial charge in [0.15, 0.2) is 0 Å². The van der Waals surface area contributed by atoms with Crippen LogP contribution in [-0.2, 0) is 6.61 Å². The minimum absolute atomic E-state index is 0.00805. The number of aliphatic hydroxyl groups is 1. The topological polar surface area (TPSA) is 42.4 Å². The second-order valence-corrected chi connectivity index (χ2v) is 4.61. The van der Waals surface area contributed by atoms with E-state index < -0.39 is 0 Å². The fourth-order valence-electron chi connectivity index (χ4n) is 1.92. The maximum atomic E-state index is 9.13. The predicted octanol–water partition coefficient (Wildman–Crippen LogP) is 3.88. The van der Waals surface area contributed by atoms with E-state index in [1.807, 2.05) is 18.2 Å². The van der Waals surface area contributed by atoms with Crippen LogP contribution < -0.4 is 4.74 Å². The molecule has 1 heterocycles. The molecule has 0 fully saturated rings. The fraction of sp³-hybridized carbons (Fsp3) is 0.312. The SMILES string of the molecule is CCC(C)c1ccccc1Oc1cc(CO)ccn1. The van der Waals surface area contributed by atoms with Crippen LogP contribution in [0, 0.1) is 0 Å². The van der Waals surface area contributed by atoms with Gasteiger partial charge in [-0.1, -0.05) is 32.0 Å². The van der Waals surface area contributed by atoms with Gasteiger partial charge in [-0.25, -0.2) is 4.98 Å². The van der Waals surface area contributed by atoms with Crippen LogP contribution in [0.3, 0.4) is 0 Å². The molecule has 1 atom stereocenters. The molecule has 0 saturated carbocycles. The summed E-state index contributed by atoms with van der Waals surface area (Å²) in [6, 6.07) is 11.5. The van der Waals surface area contributed by atoms with Crippen molar-refractivity contribution in [1.82, 2.24) is 4.98 Å². The molecule has 1 N–H and O–H groups in total. The number of para-hydroxylation sites is 1. The molecule has 2 rings (SSSR count). The Hall–Kier alpha value is -1.87. The summed E-state index contributed by atoms with van der Waals surface area (Å²) in [5.74, 6) is 1.79. The van der Waals surface area contributed by atoms with E-state index in [-0.39, 0.29) is 6.61 Å². The lowest BCUT2D eigenvalue weighted by Crippen LogP contribution is -1.97. The third-order valence-corrected chi connectivity index (χ3v) is 3.26. The van der Waals surface area contributed by atoms with Crippen LogP contribution in [0.5, 0.6) is 11.6 Å². The zero-order chi connectivity index (χ0) is 13.7. The largest absolute Gasteiger partial charge is 0.439 e. The quantitative estimate of drug-likeness (QED) is 0.883. The van der Waals surface area contributed by atoms with Gasteiger partial charge < -0.3 is 9.84 Å². The van der Waals surface area contributed by atoms with Crippen LogP contribution in [0.4, 0.5) is 0 Å². The molecule has 0 aliphatic rings. The Morgan fingerprint density at radius 3 is 2.79 bits per heavy atom. The summed E-state index contributed by atoms with van der Waals surface area (Å²) >= 11 is 0. The summed E-state index contributed by atoms with van der Waals surface area (Å²) in [5.41, 5.74) is 1.98. The van der Waals surface area contributed by atoms with E-state index in [1.54, 1.807) is 18.3 Å². The van der Waals surface area contributed by atoms with E-state index in [4.69, 9.17) is 9.84 Å². The van der Waals surface area contributed by atoms with E-state index >= 15 is 0 Å². The first-order chi connectivity index (χ1) is 9.24. The van der Waals surface area contributed by atoms with Crippen LogP contribution >= 0.6 is 0 Å². The van der Waals surface area contributed by atoms with Gasteiger partial charge in [0.05, 0.1) is 6.61 Å². The van der Waals surface area contributed by atoms with Gasteiger partial charge in [-0.2, -0.15) is 0 Å². The molecule has 19 heavy (non-hydrogen) atoms. The van der Waals surface area contributed by atoms with Gasteiger partial charge in [0.25, 0.3) is 0 Å². The summed E-state index contributed by atoms with van der Waals surface area (Å²) in [7, 11) is 0. The molecule has 0 bridgehead atoms. The van der Waals surface area contributed by atoms with Crippen molar-refractivity contribution in [2.24, 2.45) is 0 Å². The number of rotatable bonds is 5. The lowest BCUT2D eigenvalue weighted by atomic mass is 9.98. The Bertz CT molecular complexity index is 540. The standard InChI is InChI=1S/C16H19NO2/c1-3-12(2)14-6-4-5-7-15(14)19-16-10-13(11-18)8-9-17-16/h4-10,12,18H,3,11H2,1-2H3. The summed E-state index contributed by atoms with van der Waals surface area (Å²) in [4.78, 5) is 4.18. The Labute approximate surface area is 113 Å². The number of nitrogens with zero attached hydrogens (tertiary/aromatic N) is 1. The van der Waals surface area contributed by atoms with Crippen molar-refractivity contribution in [1.29, 1.82) is 0 Å². The molecule has 3 nitrogen and oxygen atoms in total. The van der Waals surface area contributed by atoms with Crippen molar-refractivity contribution in [2.45, 2.75) is 32.8 Å². The first-order valence-electron chi connectivity index (χ1n) is 6.57. The molecule has 0 aliphatic carbocycles. The van der Waals surface area contributed by atoms with Gasteiger partial charge in [0.1, 0.15) is 5.75 Å². The van der Waals surface area contributed by atoms with Crippen LogP contribution in [0.2, 0.25) is 0 Å². The molecule has 1 unspecified atom stereocenters. The van der Waals surface area contributed by atoms with E-state index in [0.717, 1.165) is 17.7 Å².